The molecule has 0 aliphatic carbocycles. The summed E-state index contributed by atoms with van der Waals surface area (Å²) in [5.41, 5.74) is 0.733. The van der Waals surface area contributed by atoms with Gasteiger partial charge in [-0.15, -0.1) is 10.2 Å². The highest BCUT2D eigenvalue weighted by molar-refractivity contribution is 7.89. The zero-order valence-corrected chi connectivity index (χ0v) is 12.0. The molecule has 112 valence electrons. The molecular weight excluding hydrogens is 306 g/mol. The first-order valence-electron chi connectivity index (χ1n) is 6.14. The summed E-state index contributed by atoms with van der Waals surface area (Å²) in [5.74, 6) is 1.13. The van der Waals surface area contributed by atoms with E-state index in [0.29, 0.717) is 11.5 Å². The molecule has 0 atom stereocenters. The summed E-state index contributed by atoms with van der Waals surface area (Å²) in [7, 11) is -3.70. The SMILES string of the molecule is NS(=O)(=O)c1ccc(-c2ccc(/C=N/n3cnnc3)o2)cc1. The van der Waals surface area contributed by atoms with Crippen molar-refractivity contribution in [3.05, 3.63) is 54.8 Å². The average Bonchev–Trinajstić information content (AvgIpc) is 3.16. The lowest BCUT2D eigenvalue weighted by atomic mass is 10.2. The lowest BCUT2D eigenvalue weighted by molar-refractivity contribution is 0.574. The molecule has 2 N–H and O–H groups in total. The molecule has 0 unspecified atom stereocenters. The molecule has 0 aliphatic heterocycles. The third-order valence-electron chi connectivity index (χ3n) is 2.82. The van der Waals surface area contributed by atoms with Gasteiger partial charge < -0.3 is 4.42 Å². The van der Waals surface area contributed by atoms with Crippen molar-refractivity contribution in [1.29, 1.82) is 0 Å². The van der Waals surface area contributed by atoms with Gasteiger partial charge in [0, 0.05) is 5.56 Å². The van der Waals surface area contributed by atoms with E-state index < -0.39 is 10.0 Å². The Balaban J connectivity index is 1.82. The van der Waals surface area contributed by atoms with Gasteiger partial charge in [-0.25, -0.2) is 18.2 Å². The van der Waals surface area contributed by atoms with Crippen LogP contribution in [-0.4, -0.2) is 29.5 Å². The van der Waals surface area contributed by atoms with Crippen LogP contribution < -0.4 is 5.14 Å². The molecule has 22 heavy (non-hydrogen) atoms. The van der Waals surface area contributed by atoms with Gasteiger partial charge in [0.15, 0.2) is 0 Å². The standard InChI is InChI=1S/C13H11N5O3S/c14-22(19,20)12-4-1-10(2-5-12)13-6-3-11(21-13)7-17-18-8-15-16-9-18/h1-9H,(H2,14,19,20)/b17-7+. The van der Waals surface area contributed by atoms with E-state index in [-0.39, 0.29) is 4.90 Å². The lowest BCUT2D eigenvalue weighted by Gasteiger charge is -2.00. The minimum absolute atomic E-state index is 0.0530. The van der Waals surface area contributed by atoms with Gasteiger partial charge in [0.1, 0.15) is 24.2 Å². The van der Waals surface area contributed by atoms with Gasteiger partial charge in [-0.1, -0.05) is 0 Å². The molecule has 9 heteroatoms. The topological polar surface area (TPSA) is 116 Å². The Morgan fingerprint density at radius 3 is 2.41 bits per heavy atom. The van der Waals surface area contributed by atoms with E-state index in [9.17, 15) is 8.42 Å². The molecule has 8 nitrogen and oxygen atoms in total. The second-order valence-electron chi connectivity index (χ2n) is 4.36. The van der Waals surface area contributed by atoms with Crippen molar-refractivity contribution in [2.45, 2.75) is 4.90 Å². The van der Waals surface area contributed by atoms with Gasteiger partial charge >= 0.3 is 0 Å². The number of sulfonamides is 1. The molecule has 0 fully saturated rings. The molecular formula is C13H11N5O3S. The fraction of sp³-hybridized carbons (Fsp3) is 0. The third-order valence-corrected chi connectivity index (χ3v) is 3.75. The largest absolute Gasteiger partial charge is 0.455 e. The normalized spacial score (nSPS) is 12.0. The van der Waals surface area contributed by atoms with Crippen molar-refractivity contribution in [1.82, 2.24) is 14.9 Å². The van der Waals surface area contributed by atoms with Crippen LogP contribution in [0.4, 0.5) is 0 Å². The van der Waals surface area contributed by atoms with E-state index >= 15 is 0 Å². The molecule has 0 amide bonds. The molecule has 0 aliphatic rings. The molecule has 2 heterocycles. The summed E-state index contributed by atoms with van der Waals surface area (Å²) in [5, 5.41) is 16.4. The smallest absolute Gasteiger partial charge is 0.238 e. The number of hydrogen-bond acceptors (Lipinski definition) is 6. The Hall–Kier alpha value is -2.78. The Morgan fingerprint density at radius 2 is 1.77 bits per heavy atom. The fourth-order valence-electron chi connectivity index (χ4n) is 1.76. The van der Waals surface area contributed by atoms with Crippen LogP contribution in [0, 0.1) is 0 Å². The van der Waals surface area contributed by atoms with Crippen LogP contribution in [0.25, 0.3) is 11.3 Å². The summed E-state index contributed by atoms with van der Waals surface area (Å²) >= 11 is 0. The highest BCUT2D eigenvalue weighted by Crippen LogP contribution is 2.22. The molecule has 0 bridgehead atoms. The maximum atomic E-state index is 11.2. The molecule has 3 aromatic rings. The van der Waals surface area contributed by atoms with E-state index in [2.05, 4.69) is 15.3 Å². The molecule has 0 saturated heterocycles. The lowest BCUT2D eigenvalue weighted by Crippen LogP contribution is -2.11. The highest BCUT2D eigenvalue weighted by atomic mass is 32.2. The third kappa shape index (κ3) is 3.10. The monoisotopic (exact) mass is 317 g/mol. The highest BCUT2D eigenvalue weighted by Gasteiger charge is 2.09. The van der Waals surface area contributed by atoms with E-state index in [1.165, 1.54) is 35.7 Å². The number of hydrogen-bond donors (Lipinski definition) is 1. The Kier molecular flexibility index (Phi) is 3.57. The van der Waals surface area contributed by atoms with Gasteiger partial charge in [0.05, 0.1) is 11.1 Å². The Labute approximate surface area is 125 Å². The second kappa shape index (κ2) is 5.54. The summed E-state index contributed by atoms with van der Waals surface area (Å²) in [4.78, 5) is 0.0530. The summed E-state index contributed by atoms with van der Waals surface area (Å²) in [6, 6.07) is 9.62. The van der Waals surface area contributed by atoms with E-state index in [4.69, 9.17) is 9.56 Å². The minimum atomic E-state index is -3.70. The first-order valence-corrected chi connectivity index (χ1v) is 7.69. The number of rotatable bonds is 4. The number of primary sulfonamides is 1. The van der Waals surface area contributed by atoms with E-state index in [1.54, 1.807) is 24.3 Å². The molecule has 0 saturated carbocycles. The zero-order valence-electron chi connectivity index (χ0n) is 11.2. The first kappa shape index (κ1) is 14.2. The number of benzene rings is 1. The molecule has 2 aromatic heterocycles. The average molecular weight is 317 g/mol. The summed E-state index contributed by atoms with van der Waals surface area (Å²) in [6.07, 6.45) is 4.42. The number of furan rings is 1. The van der Waals surface area contributed by atoms with Crippen LogP contribution >= 0.6 is 0 Å². The maximum absolute atomic E-state index is 11.2. The van der Waals surface area contributed by atoms with Gasteiger partial charge in [0.25, 0.3) is 0 Å². The van der Waals surface area contributed by atoms with Crippen molar-refractivity contribution in [2.75, 3.05) is 0 Å². The van der Waals surface area contributed by atoms with Crippen LogP contribution in [0.1, 0.15) is 5.76 Å². The van der Waals surface area contributed by atoms with Crippen molar-refractivity contribution < 1.29 is 12.8 Å². The van der Waals surface area contributed by atoms with Crippen molar-refractivity contribution in [2.24, 2.45) is 10.2 Å². The number of nitrogens with zero attached hydrogens (tertiary/aromatic N) is 4. The van der Waals surface area contributed by atoms with E-state index in [1.807, 2.05) is 0 Å². The van der Waals surface area contributed by atoms with Gasteiger partial charge in [-0.05, 0) is 36.4 Å². The van der Waals surface area contributed by atoms with Crippen LogP contribution in [0.5, 0.6) is 0 Å². The van der Waals surface area contributed by atoms with Crippen LogP contribution in [0.15, 0.2) is 63.5 Å². The molecule has 0 radical (unpaired) electrons. The van der Waals surface area contributed by atoms with Gasteiger partial charge in [0.2, 0.25) is 10.0 Å². The molecule has 3 rings (SSSR count). The van der Waals surface area contributed by atoms with Crippen LogP contribution in [0.2, 0.25) is 0 Å². The number of aromatic nitrogens is 3. The van der Waals surface area contributed by atoms with E-state index in [0.717, 1.165) is 5.56 Å². The Morgan fingerprint density at radius 1 is 1.09 bits per heavy atom. The van der Waals surface area contributed by atoms with Crippen molar-refractivity contribution >= 4 is 16.2 Å². The maximum Gasteiger partial charge on any atom is 0.238 e. The van der Waals surface area contributed by atoms with Crippen molar-refractivity contribution in [3.63, 3.8) is 0 Å². The van der Waals surface area contributed by atoms with Crippen LogP contribution in [0.3, 0.4) is 0 Å². The zero-order chi connectivity index (χ0) is 15.6. The van der Waals surface area contributed by atoms with Gasteiger partial charge in [-0.3, -0.25) is 0 Å². The Bertz CT molecular complexity index is 896. The predicted molar refractivity (Wildman–Crippen MR) is 78.5 cm³/mol. The quantitative estimate of drug-likeness (QED) is 0.722. The first-order chi connectivity index (χ1) is 10.5. The number of nitrogens with two attached hydrogens (primary N) is 1. The summed E-state index contributed by atoms with van der Waals surface area (Å²) < 4.78 is 29.5. The summed E-state index contributed by atoms with van der Waals surface area (Å²) in [6.45, 7) is 0. The predicted octanol–water partition coefficient (Wildman–Crippen LogP) is 1.07. The van der Waals surface area contributed by atoms with Gasteiger partial charge in [-0.2, -0.15) is 5.10 Å². The van der Waals surface area contributed by atoms with Crippen LogP contribution in [-0.2, 0) is 10.0 Å². The van der Waals surface area contributed by atoms with Crippen molar-refractivity contribution in [3.8, 4) is 11.3 Å². The molecule has 1 aromatic carbocycles. The molecule has 0 spiro atoms. The fourth-order valence-corrected chi connectivity index (χ4v) is 2.28. The second-order valence-corrected chi connectivity index (χ2v) is 5.92. The minimum Gasteiger partial charge on any atom is -0.455 e.